The molecule has 0 spiro atoms. The summed E-state index contributed by atoms with van der Waals surface area (Å²) in [5.41, 5.74) is 1.14. The first-order chi connectivity index (χ1) is 9.79. The molecule has 0 bridgehead atoms. The van der Waals surface area contributed by atoms with Crippen molar-refractivity contribution >= 4 is 27.5 Å². The van der Waals surface area contributed by atoms with Crippen molar-refractivity contribution in [2.75, 3.05) is 26.4 Å². The van der Waals surface area contributed by atoms with Crippen LogP contribution in [0.4, 0.5) is 0 Å². The number of amides is 1. The number of likely N-dealkylation sites (N-methyl/N-ethyl adjacent to an activating group) is 1. The molecule has 1 aromatic rings. The van der Waals surface area contributed by atoms with Gasteiger partial charge in [-0.15, -0.1) is 0 Å². The van der Waals surface area contributed by atoms with E-state index in [4.69, 9.17) is 11.6 Å². The average Bonchev–Trinajstić information content (AvgIpc) is 2.40. The van der Waals surface area contributed by atoms with Crippen LogP contribution in [0.5, 0.6) is 0 Å². The van der Waals surface area contributed by atoms with E-state index in [1.54, 1.807) is 0 Å². The lowest BCUT2D eigenvalue weighted by atomic mass is 10.1. The third-order valence-corrected chi connectivity index (χ3v) is 4.66. The normalized spacial score (nSPS) is 11.6. The van der Waals surface area contributed by atoms with Crippen molar-refractivity contribution in [1.82, 2.24) is 9.62 Å². The third kappa shape index (κ3) is 7.45. The van der Waals surface area contributed by atoms with E-state index in [-0.39, 0.29) is 12.5 Å². The van der Waals surface area contributed by atoms with Crippen LogP contribution in [0.1, 0.15) is 18.4 Å². The molecule has 21 heavy (non-hydrogen) atoms. The summed E-state index contributed by atoms with van der Waals surface area (Å²) >= 11 is 5.80. The van der Waals surface area contributed by atoms with Crippen molar-refractivity contribution in [1.29, 1.82) is 0 Å². The summed E-state index contributed by atoms with van der Waals surface area (Å²) in [5, 5.41) is 3.42. The van der Waals surface area contributed by atoms with Gasteiger partial charge in [0.25, 0.3) is 0 Å². The first-order valence-corrected chi connectivity index (χ1v) is 8.94. The molecule has 1 amide bonds. The highest BCUT2D eigenvalue weighted by atomic mass is 35.5. The van der Waals surface area contributed by atoms with Gasteiger partial charge in [0.05, 0.1) is 6.26 Å². The first kappa shape index (κ1) is 17.9. The minimum absolute atomic E-state index is 0.0640. The maximum absolute atomic E-state index is 11.6. The summed E-state index contributed by atoms with van der Waals surface area (Å²) < 4.78 is 23.5. The molecule has 0 saturated heterocycles. The molecule has 1 aromatic carbocycles. The van der Waals surface area contributed by atoms with E-state index in [2.05, 4.69) is 5.32 Å². The van der Waals surface area contributed by atoms with Crippen LogP contribution in [0.2, 0.25) is 5.02 Å². The molecule has 0 heterocycles. The molecule has 7 heteroatoms. The van der Waals surface area contributed by atoms with Crippen LogP contribution in [0.15, 0.2) is 24.3 Å². The minimum atomic E-state index is -3.19. The number of benzene rings is 1. The van der Waals surface area contributed by atoms with Crippen LogP contribution in [0.3, 0.4) is 0 Å². The molecule has 0 aliphatic heterocycles. The van der Waals surface area contributed by atoms with Gasteiger partial charge in [-0.25, -0.2) is 12.7 Å². The van der Waals surface area contributed by atoms with E-state index in [1.165, 1.54) is 11.4 Å². The maximum atomic E-state index is 11.6. The summed E-state index contributed by atoms with van der Waals surface area (Å²) in [6.45, 7) is 0.602. The number of hydrogen-bond donors (Lipinski definition) is 1. The second-order valence-corrected chi connectivity index (χ2v) is 7.44. The lowest BCUT2D eigenvalue weighted by molar-refractivity contribution is -0.121. The van der Waals surface area contributed by atoms with Crippen molar-refractivity contribution in [2.24, 2.45) is 0 Å². The molecule has 0 atom stereocenters. The topological polar surface area (TPSA) is 66.5 Å². The Morgan fingerprint density at radius 3 is 2.48 bits per heavy atom. The molecule has 0 saturated carbocycles. The van der Waals surface area contributed by atoms with Crippen molar-refractivity contribution in [2.45, 2.75) is 19.3 Å². The second-order valence-electron chi connectivity index (χ2n) is 4.91. The average molecular weight is 333 g/mol. The zero-order chi connectivity index (χ0) is 15.9. The van der Waals surface area contributed by atoms with Crippen LogP contribution in [0, 0.1) is 0 Å². The number of rotatable bonds is 8. The van der Waals surface area contributed by atoms with Gasteiger partial charge in [0.15, 0.2) is 0 Å². The lowest BCUT2D eigenvalue weighted by Gasteiger charge is -2.14. The Balaban J connectivity index is 2.18. The Morgan fingerprint density at radius 2 is 1.90 bits per heavy atom. The van der Waals surface area contributed by atoms with E-state index in [9.17, 15) is 13.2 Å². The lowest BCUT2D eigenvalue weighted by Crippen LogP contribution is -2.35. The molecule has 5 nitrogen and oxygen atoms in total. The van der Waals surface area contributed by atoms with Gasteiger partial charge in [0, 0.05) is 31.6 Å². The summed E-state index contributed by atoms with van der Waals surface area (Å²) in [7, 11) is -1.70. The summed E-state index contributed by atoms with van der Waals surface area (Å²) in [6.07, 6.45) is 3.12. The van der Waals surface area contributed by atoms with Crippen LogP contribution in [-0.2, 0) is 21.2 Å². The Labute approximate surface area is 131 Å². The van der Waals surface area contributed by atoms with Gasteiger partial charge in [-0.2, -0.15) is 0 Å². The largest absolute Gasteiger partial charge is 0.355 e. The number of nitrogens with one attached hydrogen (secondary N) is 1. The first-order valence-electron chi connectivity index (χ1n) is 6.71. The Kier molecular flexibility index (Phi) is 7.14. The minimum Gasteiger partial charge on any atom is -0.355 e. The maximum Gasteiger partial charge on any atom is 0.220 e. The quantitative estimate of drug-likeness (QED) is 0.787. The van der Waals surface area contributed by atoms with E-state index >= 15 is 0 Å². The molecule has 0 fully saturated rings. The van der Waals surface area contributed by atoms with Crippen LogP contribution < -0.4 is 5.32 Å². The predicted octanol–water partition coefficient (Wildman–Crippen LogP) is 1.67. The van der Waals surface area contributed by atoms with Gasteiger partial charge in [-0.3, -0.25) is 4.79 Å². The molecule has 1 rings (SSSR count). The van der Waals surface area contributed by atoms with Crippen molar-refractivity contribution < 1.29 is 13.2 Å². The number of sulfonamides is 1. The standard InChI is InChI=1S/C14H21ClN2O3S/c1-17(21(2,19)20)11-10-16-14(18)5-3-4-12-6-8-13(15)9-7-12/h6-9H,3-5,10-11H2,1-2H3,(H,16,18). The number of aryl methyl sites for hydroxylation is 1. The SMILES string of the molecule is CN(CCNC(=O)CCCc1ccc(Cl)cc1)S(C)(=O)=O. The monoisotopic (exact) mass is 332 g/mol. The highest BCUT2D eigenvalue weighted by Crippen LogP contribution is 2.11. The van der Waals surface area contributed by atoms with Gasteiger partial charge in [-0.1, -0.05) is 23.7 Å². The molecule has 118 valence electrons. The molecule has 1 N–H and O–H groups in total. The molecule has 0 aliphatic carbocycles. The fraction of sp³-hybridized carbons (Fsp3) is 0.500. The summed E-state index contributed by atoms with van der Waals surface area (Å²) in [4.78, 5) is 11.6. The highest BCUT2D eigenvalue weighted by Gasteiger charge is 2.10. The van der Waals surface area contributed by atoms with E-state index < -0.39 is 10.0 Å². The van der Waals surface area contributed by atoms with Gasteiger partial charge in [0.1, 0.15) is 0 Å². The summed E-state index contributed by atoms with van der Waals surface area (Å²) in [5.74, 6) is -0.0640. The van der Waals surface area contributed by atoms with E-state index in [0.29, 0.717) is 18.0 Å². The number of nitrogens with zero attached hydrogens (tertiary/aromatic N) is 1. The fourth-order valence-corrected chi connectivity index (χ4v) is 2.26. The van der Waals surface area contributed by atoms with Crippen molar-refractivity contribution in [3.63, 3.8) is 0 Å². The van der Waals surface area contributed by atoms with E-state index in [0.717, 1.165) is 24.7 Å². The highest BCUT2D eigenvalue weighted by molar-refractivity contribution is 7.88. The molecule has 0 aliphatic rings. The summed E-state index contributed by atoms with van der Waals surface area (Å²) in [6, 6.07) is 7.55. The Morgan fingerprint density at radius 1 is 1.29 bits per heavy atom. The molecular formula is C14H21ClN2O3S. The number of carbonyl (C=O) groups excluding carboxylic acids is 1. The second kappa shape index (κ2) is 8.36. The Hall–Kier alpha value is -1.11. The number of hydrogen-bond acceptors (Lipinski definition) is 3. The zero-order valence-corrected chi connectivity index (χ0v) is 13.9. The van der Waals surface area contributed by atoms with Gasteiger partial charge < -0.3 is 5.32 Å². The van der Waals surface area contributed by atoms with Crippen molar-refractivity contribution in [3.8, 4) is 0 Å². The molecule has 0 aromatic heterocycles. The fourth-order valence-electron chi connectivity index (χ4n) is 1.71. The van der Waals surface area contributed by atoms with Gasteiger partial charge in [0.2, 0.25) is 15.9 Å². The third-order valence-electron chi connectivity index (χ3n) is 3.10. The van der Waals surface area contributed by atoms with Crippen LogP contribution in [-0.4, -0.2) is 45.0 Å². The Bertz CT molecular complexity index is 558. The smallest absolute Gasteiger partial charge is 0.220 e. The van der Waals surface area contributed by atoms with Crippen LogP contribution >= 0.6 is 11.6 Å². The van der Waals surface area contributed by atoms with Crippen molar-refractivity contribution in [3.05, 3.63) is 34.9 Å². The van der Waals surface area contributed by atoms with Gasteiger partial charge >= 0.3 is 0 Å². The van der Waals surface area contributed by atoms with E-state index in [1.807, 2.05) is 24.3 Å². The number of halogens is 1. The molecule has 0 radical (unpaired) electrons. The van der Waals surface area contributed by atoms with Gasteiger partial charge in [-0.05, 0) is 30.5 Å². The molecular weight excluding hydrogens is 312 g/mol. The molecule has 0 unspecified atom stereocenters. The van der Waals surface area contributed by atoms with Crippen LogP contribution in [0.25, 0.3) is 0 Å². The number of carbonyl (C=O) groups is 1. The zero-order valence-electron chi connectivity index (χ0n) is 12.3. The predicted molar refractivity (Wildman–Crippen MR) is 84.9 cm³/mol.